The smallest absolute Gasteiger partial charge is 0.257 e. The summed E-state index contributed by atoms with van der Waals surface area (Å²) < 4.78 is 0.713. The second-order valence-corrected chi connectivity index (χ2v) is 5.37. The molecule has 0 spiro atoms. The van der Waals surface area contributed by atoms with E-state index in [0.717, 1.165) is 0 Å². The number of aromatic nitrogens is 1. The third kappa shape index (κ3) is 3.37. The minimum atomic E-state index is -0.414. The van der Waals surface area contributed by atoms with Gasteiger partial charge >= 0.3 is 0 Å². The van der Waals surface area contributed by atoms with Gasteiger partial charge < -0.3 is 10.3 Å². The van der Waals surface area contributed by atoms with Gasteiger partial charge in [0.15, 0.2) is 0 Å². The Bertz CT molecular complexity index is 657. The summed E-state index contributed by atoms with van der Waals surface area (Å²) in [5.74, 6) is -0.414. The molecule has 4 nitrogen and oxygen atoms in total. The van der Waals surface area contributed by atoms with Gasteiger partial charge in [-0.05, 0) is 18.2 Å². The van der Waals surface area contributed by atoms with Crippen molar-refractivity contribution in [3.63, 3.8) is 0 Å². The Morgan fingerprint density at radius 2 is 1.84 bits per heavy atom. The monoisotopic (exact) mass is 360 g/mol. The molecule has 2 N–H and O–H groups in total. The molecule has 1 aromatic heterocycles. The normalized spacial score (nSPS) is 10.3. The van der Waals surface area contributed by atoms with Gasteiger partial charge in [0.2, 0.25) is 5.56 Å². The number of nitrogens with one attached hydrogen (secondary N) is 2. The van der Waals surface area contributed by atoms with Crippen molar-refractivity contribution in [2.24, 2.45) is 0 Å². The fraction of sp³-hybridized carbons (Fsp3) is 0. The lowest BCUT2D eigenvalue weighted by molar-refractivity contribution is 0.102. The van der Waals surface area contributed by atoms with Crippen LogP contribution in [0.4, 0.5) is 5.69 Å². The van der Waals surface area contributed by atoms with Gasteiger partial charge in [-0.25, -0.2) is 0 Å². The molecule has 0 bridgehead atoms. The molecular formula is C12H7BrCl2N2O2. The molecule has 0 fully saturated rings. The fourth-order valence-electron chi connectivity index (χ4n) is 1.40. The predicted molar refractivity (Wildman–Crippen MR) is 79.2 cm³/mol. The highest BCUT2D eigenvalue weighted by Gasteiger charge is 2.12. The minimum Gasteiger partial charge on any atom is -0.328 e. The van der Waals surface area contributed by atoms with Gasteiger partial charge in [0.25, 0.3) is 5.91 Å². The number of hydrogen-bond donors (Lipinski definition) is 2. The summed E-state index contributed by atoms with van der Waals surface area (Å²) in [7, 11) is 0. The zero-order valence-corrected chi connectivity index (χ0v) is 12.4. The summed E-state index contributed by atoms with van der Waals surface area (Å²) in [6, 6.07) is 5.92. The molecule has 0 atom stereocenters. The van der Waals surface area contributed by atoms with E-state index in [9.17, 15) is 9.59 Å². The molecule has 0 radical (unpaired) electrons. The number of pyridine rings is 1. The van der Waals surface area contributed by atoms with Crippen LogP contribution in [0.2, 0.25) is 10.0 Å². The molecule has 0 aliphatic rings. The third-order valence-electron chi connectivity index (χ3n) is 2.29. The van der Waals surface area contributed by atoms with Crippen LogP contribution in [0.25, 0.3) is 0 Å². The highest BCUT2D eigenvalue weighted by molar-refractivity contribution is 9.10. The fourth-order valence-corrected chi connectivity index (χ4v) is 2.70. The maximum atomic E-state index is 12.0. The van der Waals surface area contributed by atoms with Crippen LogP contribution in [-0.4, -0.2) is 10.9 Å². The number of amides is 1. The van der Waals surface area contributed by atoms with Crippen LogP contribution in [0.3, 0.4) is 0 Å². The molecule has 7 heteroatoms. The van der Waals surface area contributed by atoms with Gasteiger partial charge in [-0.3, -0.25) is 9.59 Å². The van der Waals surface area contributed by atoms with Crippen LogP contribution in [0.5, 0.6) is 0 Å². The van der Waals surface area contributed by atoms with Gasteiger partial charge in [-0.1, -0.05) is 39.1 Å². The van der Waals surface area contributed by atoms with E-state index in [-0.39, 0.29) is 5.56 Å². The van der Waals surface area contributed by atoms with Crippen molar-refractivity contribution in [3.8, 4) is 0 Å². The van der Waals surface area contributed by atoms with E-state index in [0.29, 0.717) is 25.8 Å². The molecule has 0 unspecified atom stereocenters. The number of anilines is 1. The quantitative estimate of drug-likeness (QED) is 0.856. The van der Waals surface area contributed by atoms with Crippen LogP contribution >= 0.6 is 39.1 Å². The van der Waals surface area contributed by atoms with Gasteiger partial charge in [0.1, 0.15) is 0 Å². The molecule has 0 aliphatic carbocycles. The first-order valence-electron chi connectivity index (χ1n) is 5.12. The number of hydrogen-bond acceptors (Lipinski definition) is 2. The number of carbonyl (C=O) groups excluding carboxylic acids is 1. The van der Waals surface area contributed by atoms with Crippen molar-refractivity contribution in [1.82, 2.24) is 4.98 Å². The number of rotatable bonds is 2. The summed E-state index contributed by atoms with van der Waals surface area (Å²) >= 11 is 15.3. The second kappa shape index (κ2) is 5.77. The molecular weight excluding hydrogens is 355 g/mol. The Labute approximate surface area is 126 Å². The minimum absolute atomic E-state index is 0.281. The SMILES string of the molecule is O=C(Nc1c(Cl)cc(Br)cc1Cl)c1ccc(=O)[nH]c1. The molecule has 1 amide bonds. The molecule has 19 heavy (non-hydrogen) atoms. The number of carbonyl (C=O) groups is 1. The van der Waals surface area contributed by atoms with Gasteiger partial charge in [0, 0.05) is 16.7 Å². The summed E-state index contributed by atoms with van der Waals surface area (Å²) in [6.45, 7) is 0. The van der Waals surface area contributed by atoms with Crippen molar-refractivity contribution in [1.29, 1.82) is 0 Å². The van der Waals surface area contributed by atoms with E-state index in [1.807, 2.05) is 0 Å². The van der Waals surface area contributed by atoms with Crippen LogP contribution in [0, 0.1) is 0 Å². The highest BCUT2D eigenvalue weighted by atomic mass is 79.9. The molecule has 0 aliphatic heterocycles. The Morgan fingerprint density at radius 1 is 1.21 bits per heavy atom. The Kier molecular flexibility index (Phi) is 4.29. The number of H-pyrrole nitrogens is 1. The van der Waals surface area contributed by atoms with Crippen molar-refractivity contribution < 1.29 is 4.79 Å². The van der Waals surface area contributed by atoms with E-state index in [1.54, 1.807) is 12.1 Å². The predicted octanol–water partition coefficient (Wildman–Crippen LogP) is 3.70. The summed E-state index contributed by atoms with van der Waals surface area (Å²) in [5, 5.41) is 3.23. The molecule has 0 saturated carbocycles. The van der Waals surface area contributed by atoms with E-state index in [2.05, 4.69) is 26.2 Å². The average molecular weight is 362 g/mol. The summed E-state index contributed by atoms with van der Waals surface area (Å²) in [6.07, 6.45) is 1.32. The molecule has 2 rings (SSSR count). The topological polar surface area (TPSA) is 62.0 Å². The standard InChI is InChI=1S/C12H7BrCl2N2O2/c13-7-3-8(14)11(9(15)4-7)17-12(19)6-1-2-10(18)16-5-6/h1-5H,(H,16,18)(H,17,19). The lowest BCUT2D eigenvalue weighted by Gasteiger charge is -2.09. The Balaban J connectivity index is 2.29. The first-order valence-corrected chi connectivity index (χ1v) is 6.67. The molecule has 2 aromatic rings. The van der Waals surface area contributed by atoms with E-state index >= 15 is 0 Å². The average Bonchev–Trinajstić information content (AvgIpc) is 2.34. The first kappa shape index (κ1) is 14.1. The molecule has 98 valence electrons. The van der Waals surface area contributed by atoms with Gasteiger partial charge in [-0.15, -0.1) is 0 Å². The Morgan fingerprint density at radius 3 is 2.37 bits per heavy atom. The highest BCUT2D eigenvalue weighted by Crippen LogP contribution is 2.33. The van der Waals surface area contributed by atoms with Crippen LogP contribution < -0.4 is 10.9 Å². The van der Waals surface area contributed by atoms with Crippen LogP contribution in [-0.2, 0) is 0 Å². The van der Waals surface area contributed by atoms with Gasteiger partial charge in [0.05, 0.1) is 21.3 Å². The largest absolute Gasteiger partial charge is 0.328 e. The zero-order chi connectivity index (χ0) is 14.0. The maximum absolute atomic E-state index is 12.0. The number of halogens is 3. The molecule has 1 aromatic carbocycles. The zero-order valence-electron chi connectivity index (χ0n) is 9.34. The van der Waals surface area contributed by atoms with Crippen molar-refractivity contribution in [2.75, 3.05) is 5.32 Å². The molecule has 0 saturated heterocycles. The Hall–Kier alpha value is -1.30. The molecule has 1 heterocycles. The maximum Gasteiger partial charge on any atom is 0.257 e. The first-order chi connectivity index (χ1) is 8.97. The van der Waals surface area contributed by atoms with Gasteiger partial charge in [-0.2, -0.15) is 0 Å². The summed E-state index contributed by atoms with van der Waals surface area (Å²) in [5.41, 5.74) is 0.341. The van der Waals surface area contributed by atoms with E-state index in [4.69, 9.17) is 23.2 Å². The van der Waals surface area contributed by atoms with E-state index < -0.39 is 5.91 Å². The van der Waals surface area contributed by atoms with Crippen molar-refractivity contribution in [3.05, 3.63) is 60.9 Å². The van der Waals surface area contributed by atoms with Crippen molar-refractivity contribution in [2.45, 2.75) is 0 Å². The lowest BCUT2D eigenvalue weighted by atomic mass is 10.2. The van der Waals surface area contributed by atoms with Crippen molar-refractivity contribution >= 4 is 50.7 Å². The second-order valence-electron chi connectivity index (χ2n) is 3.64. The van der Waals surface area contributed by atoms with E-state index in [1.165, 1.54) is 18.3 Å². The third-order valence-corrected chi connectivity index (χ3v) is 3.35. The van der Waals surface area contributed by atoms with Crippen LogP contribution in [0.1, 0.15) is 10.4 Å². The number of aromatic amines is 1. The number of benzene rings is 1. The van der Waals surface area contributed by atoms with Crippen LogP contribution in [0.15, 0.2) is 39.7 Å². The summed E-state index contributed by atoms with van der Waals surface area (Å²) in [4.78, 5) is 25.3. The lowest BCUT2D eigenvalue weighted by Crippen LogP contribution is -2.15.